The second-order valence-electron chi connectivity index (χ2n) is 5.45. The SMILES string of the molecule is CCN1C(=O)CC([C@@](F)(C(=O)OC)[C@H](O)c2ccc(Br)cc2)C1=O. The van der Waals surface area contributed by atoms with Crippen molar-refractivity contribution >= 4 is 33.7 Å². The summed E-state index contributed by atoms with van der Waals surface area (Å²) < 4.78 is 20.8. The number of carbonyl (C=O) groups excluding carboxylic acids is 3. The molecule has 1 heterocycles. The van der Waals surface area contributed by atoms with Crippen molar-refractivity contribution in [2.45, 2.75) is 25.1 Å². The Morgan fingerprint density at radius 3 is 2.50 bits per heavy atom. The number of aliphatic hydroxyl groups excluding tert-OH is 1. The van der Waals surface area contributed by atoms with E-state index in [4.69, 9.17) is 0 Å². The Balaban J connectivity index is 2.47. The van der Waals surface area contributed by atoms with Crippen molar-refractivity contribution in [3.63, 3.8) is 0 Å². The molecule has 3 atom stereocenters. The number of hydrogen-bond donors (Lipinski definition) is 1. The predicted molar refractivity (Wildman–Crippen MR) is 85.5 cm³/mol. The zero-order chi connectivity index (χ0) is 18.1. The summed E-state index contributed by atoms with van der Waals surface area (Å²) in [6, 6.07) is 5.97. The molecule has 1 saturated heterocycles. The molecule has 0 aromatic heterocycles. The number of amides is 2. The van der Waals surface area contributed by atoms with Crippen molar-refractivity contribution in [2.75, 3.05) is 13.7 Å². The lowest BCUT2D eigenvalue weighted by atomic mass is 9.80. The summed E-state index contributed by atoms with van der Waals surface area (Å²) in [5, 5.41) is 10.5. The van der Waals surface area contributed by atoms with Crippen LogP contribution in [0.4, 0.5) is 4.39 Å². The Morgan fingerprint density at radius 2 is 2.04 bits per heavy atom. The van der Waals surface area contributed by atoms with Crippen LogP contribution in [-0.4, -0.2) is 47.1 Å². The largest absolute Gasteiger partial charge is 0.467 e. The number of hydrogen-bond acceptors (Lipinski definition) is 5. The lowest BCUT2D eigenvalue weighted by Gasteiger charge is -2.31. The predicted octanol–water partition coefficient (Wildman–Crippen LogP) is 1.76. The zero-order valence-electron chi connectivity index (χ0n) is 13.2. The highest BCUT2D eigenvalue weighted by molar-refractivity contribution is 9.10. The first-order valence-corrected chi connectivity index (χ1v) is 8.11. The van der Waals surface area contributed by atoms with Gasteiger partial charge in [-0.15, -0.1) is 0 Å². The molecular formula is C16H17BrFNO5. The molecule has 0 bridgehead atoms. The molecule has 1 aliphatic rings. The maximum Gasteiger partial charge on any atom is 0.347 e. The molecule has 130 valence electrons. The van der Waals surface area contributed by atoms with Crippen molar-refractivity contribution in [1.82, 2.24) is 4.90 Å². The molecule has 1 aromatic rings. The fourth-order valence-electron chi connectivity index (χ4n) is 2.83. The van der Waals surface area contributed by atoms with Gasteiger partial charge in [-0.25, -0.2) is 9.18 Å². The number of esters is 1. The third-order valence-electron chi connectivity index (χ3n) is 4.15. The summed E-state index contributed by atoms with van der Waals surface area (Å²) >= 11 is 3.22. The molecule has 1 unspecified atom stereocenters. The Kier molecular flexibility index (Phi) is 5.39. The summed E-state index contributed by atoms with van der Waals surface area (Å²) in [6.07, 6.45) is -2.44. The lowest BCUT2D eigenvalue weighted by Crippen LogP contribution is -2.50. The van der Waals surface area contributed by atoms with Crippen molar-refractivity contribution < 1.29 is 28.6 Å². The van der Waals surface area contributed by atoms with Gasteiger partial charge in [-0.1, -0.05) is 28.1 Å². The van der Waals surface area contributed by atoms with E-state index in [9.17, 15) is 19.5 Å². The second kappa shape index (κ2) is 6.98. The van der Waals surface area contributed by atoms with E-state index in [0.29, 0.717) is 4.47 Å². The van der Waals surface area contributed by atoms with Crippen LogP contribution >= 0.6 is 15.9 Å². The molecule has 0 spiro atoms. The van der Waals surface area contributed by atoms with Gasteiger partial charge in [0.25, 0.3) is 0 Å². The summed E-state index contributed by atoms with van der Waals surface area (Å²) in [4.78, 5) is 37.2. The molecule has 6 nitrogen and oxygen atoms in total. The monoisotopic (exact) mass is 401 g/mol. The van der Waals surface area contributed by atoms with Gasteiger partial charge in [0.1, 0.15) is 6.10 Å². The van der Waals surface area contributed by atoms with Gasteiger partial charge < -0.3 is 9.84 Å². The standard InChI is InChI=1S/C16H17BrFNO5/c1-3-19-12(20)8-11(14(19)22)16(18,15(23)24-2)13(21)9-4-6-10(17)7-5-9/h4-7,11,13,21H,3,8H2,1-2H3/t11?,13-,16+/m1/s1. The van der Waals surface area contributed by atoms with E-state index < -0.39 is 41.9 Å². The Bertz CT molecular complexity index is 665. The van der Waals surface area contributed by atoms with Gasteiger partial charge in [-0.3, -0.25) is 14.5 Å². The van der Waals surface area contributed by atoms with Crippen LogP contribution in [0.25, 0.3) is 0 Å². The Hall–Kier alpha value is -1.80. The molecule has 0 aliphatic carbocycles. The van der Waals surface area contributed by atoms with E-state index in [1.807, 2.05) is 0 Å². The third kappa shape index (κ3) is 2.95. The molecular weight excluding hydrogens is 385 g/mol. The minimum Gasteiger partial charge on any atom is -0.467 e. The van der Waals surface area contributed by atoms with Gasteiger partial charge in [-0.05, 0) is 24.6 Å². The van der Waals surface area contributed by atoms with E-state index in [1.165, 1.54) is 12.1 Å². The number of carbonyl (C=O) groups is 3. The van der Waals surface area contributed by atoms with E-state index in [0.717, 1.165) is 12.0 Å². The molecule has 1 N–H and O–H groups in total. The van der Waals surface area contributed by atoms with Gasteiger partial charge in [0.15, 0.2) is 0 Å². The first-order chi connectivity index (χ1) is 11.3. The van der Waals surface area contributed by atoms with Crippen molar-refractivity contribution in [1.29, 1.82) is 0 Å². The fraction of sp³-hybridized carbons (Fsp3) is 0.438. The van der Waals surface area contributed by atoms with Crippen LogP contribution in [0.15, 0.2) is 28.7 Å². The minimum absolute atomic E-state index is 0.0692. The molecule has 2 rings (SSSR count). The van der Waals surface area contributed by atoms with Crippen molar-refractivity contribution in [3.05, 3.63) is 34.3 Å². The summed E-state index contributed by atoms with van der Waals surface area (Å²) in [7, 11) is 0.962. The summed E-state index contributed by atoms with van der Waals surface area (Å²) in [6.45, 7) is 1.64. The lowest BCUT2D eigenvalue weighted by molar-refractivity contribution is -0.174. The van der Waals surface area contributed by atoms with Gasteiger partial charge >= 0.3 is 5.97 Å². The zero-order valence-corrected chi connectivity index (χ0v) is 14.7. The molecule has 24 heavy (non-hydrogen) atoms. The van der Waals surface area contributed by atoms with Gasteiger partial charge in [0.2, 0.25) is 17.5 Å². The molecule has 2 amide bonds. The highest BCUT2D eigenvalue weighted by Gasteiger charge is 2.61. The van der Waals surface area contributed by atoms with E-state index in [2.05, 4.69) is 20.7 Å². The number of rotatable bonds is 5. The number of methoxy groups -OCH3 is 1. The molecule has 0 radical (unpaired) electrons. The van der Waals surface area contributed by atoms with Crippen molar-refractivity contribution in [3.8, 4) is 0 Å². The molecule has 8 heteroatoms. The maximum atomic E-state index is 15.7. The fourth-order valence-corrected chi connectivity index (χ4v) is 3.10. The third-order valence-corrected chi connectivity index (χ3v) is 4.68. The number of halogens is 2. The minimum atomic E-state index is -3.06. The van der Waals surface area contributed by atoms with Gasteiger partial charge in [0, 0.05) is 17.4 Å². The highest BCUT2D eigenvalue weighted by Crippen LogP contribution is 2.42. The van der Waals surface area contributed by atoms with Gasteiger partial charge in [-0.2, -0.15) is 0 Å². The average Bonchev–Trinajstić information content (AvgIpc) is 2.87. The molecule has 1 aliphatic heterocycles. The van der Waals surface area contributed by atoms with Crippen LogP contribution in [0.3, 0.4) is 0 Å². The van der Waals surface area contributed by atoms with Crippen LogP contribution in [0.1, 0.15) is 25.0 Å². The van der Waals surface area contributed by atoms with Crippen LogP contribution < -0.4 is 0 Å². The van der Waals surface area contributed by atoms with E-state index in [1.54, 1.807) is 19.1 Å². The van der Waals surface area contributed by atoms with E-state index in [-0.39, 0.29) is 12.1 Å². The number of imide groups is 1. The normalized spacial score (nSPS) is 21.5. The van der Waals surface area contributed by atoms with Crippen LogP contribution in [0, 0.1) is 5.92 Å². The molecule has 0 saturated carbocycles. The second-order valence-corrected chi connectivity index (χ2v) is 6.36. The highest BCUT2D eigenvalue weighted by atomic mass is 79.9. The number of aliphatic hydroxyl groups is 1. The summed E-state index contributed by atoms with van der Waals surface area (Å²) in [5.41, 5.74) is -2.96. The van der Waals surface area contributed by atoms with Crippen LogP contribution in [-0.2, 0) is 19.1 Å². The number of alkyl halides is 1. The molecule has 1 aromatic carbocycles. The average molecular weight is 402 g/mol. The first-order valence-electron chi connectivity index (χ1n) is 7.32. The quantitative estimate of drug-likeness (QED) is 0.600. The number of likely N-dealkylation sites (tertiary alicyclic amines) is 1. The van der Waals surface area contributed by atoms with Gasteiger partial charge in [0.05, 0.1) is 13.0 Å². The maximum absolute atomic E-state index is 15.7. The Morgan fingerprint density at radius 1 is 1.46 bits per heavy atom. The van der Waals surface area contributed by atoms with E-state index >= 15 is 4.39 Å². The smallest absolute Gasteiger partial charge is 0.347 e. The van der Waals surface area contributed by atoms with Crippen LogP contribution in [0.5, 0.6) is 0 Å². The number of nitrogens with zero attached hydrogens (tertiary/aromatic N) is 1. The Labute approximate surface area is 146 Å². The first kappa shape index (κ1) is 18.5. The van der Waals surface area contributed by atoms with Crippen molar-refractivity contribution in [2.24, 2.45) is 5.92 Å². The topological polar surface area (TPSA) is 83.9 Å². The van der Waals surface area contributed by atoms with Crippen LogP contribution in [0.2, 0.25) is 0 Å². The molecule has 1 fully saturated rings. The number of benzene rings is 1. The number of ether oxygens (including phenoxy) is 1. The summed E-state index contributed by atoms with van der Waals surface area (Å²) in [5.74, 6) is -4.42.